The molecule has 6 aromatic carbocycles. The molecule has 10 rings (SSSR count). The molecule has 0 atom stereocenters. The number of fused-ring (bicyclic) bond motifs is 7. The summed E-state index contributed by atoms with van der Waals surface area (Å²) in [6.07, 6.45) is 2.06. The molecular weight excluding hydrogens is 768 g/mol. The van der Waals surface area contributed by atoms with Crippen molar-refractivity contribution in [3.8, 4) is 11.1 Å². The Morgan fingerprint density at radius 1 is 0.661 bits per heavy atom. The molecular formula is C58H63BN2S. The van der Waals surface area contributed by atoms with Gasteiger partial charge in [0.2, 0.25) is 0 Å². The molecule has 2 nitrogen and oxygen atoms in total. The molecule has 4 heteroatoms. The normalized spacial score (nSPS) is 17.9. The first kappa shape index (κ1) is 33.5. The van der Waals surface area contributed by atoms with Gasteiger partial charge in [0.25, 0.3) is 6.71 Å². The van der Waals surface area contributed by atoms with Gasteiger partial charge < -0.3 is 9.80 Å². The van der Waals surface area contributed by atoms with Gasteiger partial charge in [0, 0.05) is 43.2 Å². The van der Waals surface area contributed by atoms with Crippen LogP contribution in [0.2, 0.25) is 0 Å². The van der Waals surface area contributed by atoms with Crippen molar-refractivity contribution in [2.75, 3.05) is 9.80 Å². The van der Waals surface area contributed by atoms with Gasteiger partial charge in [-0.25, -0.2) is 0 Å². The zero-order valence-corrected chi connectivity index (χ0v) is 39.6. The molecule has 3 heterocycles. The highest BCUT2D eigenvalue weighted by atomic mass is 32.1. The van der Waals surface area contributed by atoms with Gasteiger partial charge in [0.15, 0.2) is 0 Å². The molecule has 0 saturated carbocycles. The third-order valence-electron chi connectivity index (χ3n) is 14.2. The van der Waals surface area contributed by atoms with Crippen molar-refractivity contribution in [2.45, 2.75) is 130 Å². The van der Waals surface area contributed by atoms with Gasteiger partial charge in [0.05, 0.1) is 21.0 Å². The van der Waals surface area contributed by atoms with Crippen LogP contribution in [0.4, 0.5) is 34.1 Å². The van der Waals surface area contributed by atoms with Crippen LogP contribution in [-0.4, -0.2) is 6.71 Å². The Morgan fingerprint density at radius 2 is 1.29 bits per heavy atom. The van der Waals surface area contributed by atoms with Gasteiger partial charge in [-0.15, -0.1) is 11.3 Å². The van der Waals surface area contributed by atoms with Crippen LogP contribution >= 0.6 is 11.3 Å². The van der Waals surface area contributed by atoms with Gasteiger partial charge in [-0.05, 0) is 152 Å². The predicted octanol–water partition coefficient (Wildman–Crippen LogP) is 15.0. The molecule has 0 fully saturated rings. The first-order chi connectivity index (χ1) is 32.1. The molecule has 0 amide bonds. The highest BCUT2D eigenvalue weighted by Crippen LogP contribution is 2.53. The number of nitrogens with zero attached hydrogens (tertiary/aromatic N) is 2. The van der Waals surface area contributed by atoms with Gasteiger partial charge in [-0.3, -0.25) is 0 Å². The second-order valence-electron chi connectivity index (χ2n) is 21.9. The zero-order chi connectivity index (χ0) is 49.9. The first-order valence-corrected chi connectivity index (χ1v) is 23.3. The molecule has 0 bridgehead atoms. The Balaban J connectivity index is 1.39. The second kappa shape index (κ2) is 14.0. The van der Waals surface area contributed by atoms with E-state index in [9.17, 15) is 5.48 Å². The van der Waals surface area contributed by atoms with Gasteiger partial charge in [0.1, 0.15) is 0 Å². The maximum Gasteiger partial charge on any atom is 0.264 e. The number of hydrogen-bond acceptors (Lipinski definition) is 3. The number of thiophene rings is 1. The van der Waals surface area contributed by atoms with Crippen LogP contribution in [0.25, 0.3) is 21.2 Å². The average molecular weight is 838 g/mol. The minimum absolute atomic E-state index is 0.101. The van der Waals surface area contributed by atoms with E-state index >= 15 is 0 Å². The summed E-state index contributed by atoms with van der Waals surface area (Å²) in [6.45, 7) is 28.7. The summed E-state index contributed by atoms with van der Waals surface area (Å²) in [5, 5.41) is 1.10. The fourth-order valence-electron chi connectivity index (χ4n) is 10.3. The molecule has 2 aliphatic heterocycles. The lowest BCUT2D eigenvalue weighted by molar-refractivity contribution is 0.332. The highest BCUT2D eigenvalue weighted by molar-refractivity contribution is 7.33. The molecule has 1 aromatic heterocycles. The van der Waals surface area contributed by atoms with Crippen molar-refractivity contribution >= 4 is 78.0 Å². The van der Waals surface area contributed by atoms with Crippen LogP contribution in [-0.2, 0) is 21.7 Å². The SMILES string of the molecule is [2H]c1cc(C(C)(C)C)cc([2H])c1N1c2cc(C)cc3c2B(c2cc4c(cc2N3c2ccc(C(C)C)cc2-c2c([2H])c([2H])c([2H])c([2H])c2[2H])C(C)(C)CCC4(C)C)c2sc3ccc(C(C)(C)C)cc3c21. The standard InChI is InChI=1S/C58H63BN2S/c1-35(2)38-19-25-47(42(31-38)37-17-15-14-16-18-37)61-48-34-45-44(57(10,11)27-28-58(45,12)13)33-46(48)59-52-49(29-36(3)30-50(52)61)60(41-23-20-39(21-24-41)55(4,5)6)53-43-32-40(56(7,8)9)22-26-51(43)62-54(53)59/h14-26,29-35H,27-28H2,1-13H3/i14D,15D,16D,17D,18D,23D,24D. The van der Waals surface area contributed by atoms with Crippen LogP contribution in [0, 0.1) is 6.92 Å². The number of rotatable bonds is 4. The molecule has 0 unspecified atom stereocenters. The molecule has 0 spiro atoms. The predicted molar refractivity (Wildman–Crippen MR) is 273 cm³/mol. The maximum absolute atomic E-state index is 9.87. The summed E-state index contributed by atoms with van der Waals surface area (Å²) in [6, 6.07) is 25.3. The van der Waals surface area contributed by atoms with Crippen molar-refractivity contribution in [2.24, 2.45) is 0 Å². The number of benzene rings is 6. The minimum Gasteiger partial charge on any atom is -0.311 e. The third kappa shape index (κ3) is 6.41. The lowest BCUT2D eigenvalue weighted by atomic mass is 9.35. The summed E-state index contributed by atoms with van der Waals surface area (Å²) in [5.41, 5.74) is 14.1. The van der Waals surface area contributed by atoms with Gasteiger partial charge in [-0.1, -0.05) is 144 Å². The third-order valence-corrected chi connectivity index (χ3v) is 15.4. The van der Waals surface area contributed by atoms with Crippen LogP contribution in [0.1, 0.15) is 145 Å². The second-order valence-corrected chi connectivity index (χ2v) is 23.0. The molecule has 0 saturated heterocycles. The monoisotopic (exact) mass is 838 g/mol. The molecule has 0 N–H and O–H groups in total. The van der Waals surface area contributed by atoms with E-state index in [1.165, 1.54) is 16.7 Å². The molecule has 1 aliphatic carbocycles. The maximum atomic E-state index is 9.87. The summed E-state index contributed by atoms with van der Waals surface area (Å²) in [4.78, 5) is 4.54. The van der Waals surface area contributed by atoms with E-state index in [1.807, 2.05) is 18.2 Å². The summed E-state index contributed by atoms with van der Waals surface area (Å²) in [5.74, 6) is 0.101. The number of hydrogen-bond donors (Lipinski definition) is 0. The van der Waals surface area contributed by atoms with Crippen molar-refractivity contribution in [3.63, 3.8) is 0 Å². The molecule has 0 radical (unpaired) electrons. The van der Waals surface area contributed by atoms with E-state index in [0.717, 1.165) is 83.8 Å². The van der Waals surface area contributed by atoms with E-state index in [-0.39, 0.29) is 76.1 Å². The number of aryl methyl sites for hydroxylation is 1. The van der Waals surface area contributed by atoms with E-state index in [1.54, 1.807) is 11.3 Å². The first-order valence-electron chi connectivity index (χ1n) is 26.0. The molecule has 314 valence electrons. The fraction of sp³-hybridized carbons (Fsp3) is 0.345. The quantitative estimate of drug-likeness (QED) is 0.163. The van der Waals surface area contributed by atoms with Crippen LogP contribution in [0.15, 0.2) is 115 Å². The van der Waals surface area contributed by atoms with Crippen molar-refractivity contribution in [3.05, 3.63) is 148 Å². The van der Waals surface area contributed by atoms with E-state index < -0.39 is 6.04 Å². The Labute approximate surface area is 385 Å². The van der Waals surface area contributed by atoms with Crippen LogP contribution in [0.5, 0.6) is 0 Å². The summed E-state index contributed by atoms with van der Waals surface area (Å²) >= 11 is 1.80. The summed E-state index contributed by atoms with van der Waals surface area (Å²) < 4.78 is 67.1. The van der Waals surface area contributed by atoms with Crippen molar-refractivity contribution in [1.29, 1.82) is 0 Å². The van der Waals surface area contributed by atoms with Crippen LogP contribution < -0.4 is 25.5 Å². The highest BCUT2D eigenvalue weighted by Gasteiger charge is 2.48. The fourth-order valence-corrected chi connectivity index (χ4v) is 11.6. The summed E-state index contributed by atoms with van der Waals surface area (Å²) in [7, 11) is 0. The zero-order valence-electron chi connectivity index (χ0n) is 45.8. The Morgan fingerprint density at radius 3 is 1.92 bits per heavy atom. The van der Waals surface area contributed by atoms with Crippen LogP contribution in [0.3, 0.4) is 0 Å². The Hall–Kier alpha value is -5.06. The number of anilines is 6. The van der Waals surface area contributed by atoms with E-state index in [2.05, 4.69) is 154 Å². The molecule has 3 aliphatic rings. The molecule has 7 aromatic rings. The van der Waals surface area contributed by atoms with Gasteiger partial charge >= 0.3 is 0 Å². The van der Waals surface area contributed by atoms with Gasteiger partial charge in [-0.2, -0.15) is 0 Å². The smallest absolute Gasteiger partial charge is 0.264 e. The lowest BCUT2D eigenvalue weighted by Gasteiger charge is -2.47. The largest absolute Gasteiger partial charge is 0.311 e. The Kier molecular flexibility index (Phi) is 7.55. The van der Waals surface area contributed by atoms with Crippen molar-refractivity contribution in [1.82, 2.24) is 0 Å². The van der Waals surface area contributed by atoms with E-state index in [4.69, 9.17) is 4.11 Å². The van der Waals surface area contributed by atoms with Crippen molar-refractivity contribution < 1.29 is 9.60 Å². The minimum atomic E-state index is -0.419. The topological polar surface area (TPSA) is 6.48 Å². The molecule has 62 heavy (non-hydrogen) atoms. The van der Waals surface area contributed by atoms with E-state index in [0.29, 0.717) is 11.3 Å². The average Bonchev–Trinajstić information content (AvgIpc) is 3.64. The lowest BCUT2D eigenvalue weighted by Crippen LogP contribution is -2.61. The Bertz CT molecular complexity index is 3300.